The number of rotatable bonds is 3. The molecule has 2 aliphatic heterocycles. The molecule has 5 rings (SSSR count). The number of benzene rings is 3. The van der Waals surface area contributed by atoms with Crippen LogP contribution in [0.2, 0.25) is 5.02 Å². The van der Waals surface area contributed by atoms with Crippen LogP contribution < -0.4 is 9.64 Å². The highest BCUT2D eigenvalue weighted by Gasteiger charge is 2.62. The van der Waals surface area contributed by atoms with Crippen LogP contribution in [-0.4, -0.2) is 17.8 Å². The van der Waals surface area contributed by atoms with Gasteiger partial charge in [0.15, 0.2) is 0 Å². The Labute approximate surface area is 191 Å². The van der Waals surface area contributed by atoms with E-state index in [9.17, 15) is 14.4 Å². The third-order valence-electron chi connectivity index (χ3n) is 5.87. The van der Waals surface area contributed by atoms with Crippen LogP contribution in [-0.2, 0) is 19.8 Å². The number of esters is 1. The highest BCUT2D eigenvalue weighted by Crippen LogP contribution is 2.53. The zero-order valence-corrected chi connectivity index (χ0v) is 18.4. The number of nitrogens with zero attached hydrogens (tertiary/aromatic N) is 1. The molecule has 2 aliphatic rings. The molecule has 2 heterocycles. The van der Waals surface area contributed by atoms with Crippen molar-refractivity contribution in [3.63, 3.8) is 0 Å². The highest BCUT2D eigenvalue weighted by molar-refractivity contribution is 9.10. The number of amides is 2. The standard InChI is InChI=1S/C24H15BrClNO4/c25-15-6-9-17(10-7-15)27-21(28)13-19(22(27)29)24(14-4-2-1-3-5-14)18-12-16(26)8-11-20(18)31-23(24)30/h1-12,19H,13H2/t19-,24+/m1/s1. The Balaban J connectivity index is 1.71. The summed E-state index contributed by atoms with van der Waals surface area (Å²) in [5.74, 6) is -2.00. The van der Waals surface area contributed by atoms with E-state index in [0.29, 0.717) is 27.6 Å². The van der Waals surface area contributed by atoms with E-state index in [2.05, 4.69) is 15.9 Å². The quantitative estimate of drug-likeness (QED) is 0.294. The molecular weight excluding hydrogens is 482 g/mol. The molecule has 0 aliphatic carbocycles. The average Bonchev–Trinajstić information content (AvgIpc) is 3.22. The van der Waals surface area contributed by atoms with E-state index in [1.165, 1.54) is 0 Å². The van der Waals surface area contributed by atoms with E-state index in [-0.39, 0.29) is 12.3 Å². The van der Waals surface area contributed by atoms with Crippen LogP contribution >= 0.6 is 27.5 Å². The number of halogens is 2. The largest absolute Gasteiger partial charge is 0.425 e. The fourth-order valence-corrected chi connectivity index (χ4v) is 4.96. The maximum absolute atomic E-state index is 13.7. The van der Waals surface area contributed by atoms with Crippen molar-refractivity contribution in [2.45, 2.75) is 11.8 Å². The van der Waals surface area contributed by atoms with E-state index in [1.54, 1.807) is 66.7 Å². The minimum Gasteiger partial charge on any atom is -0.425 e. The van der Waals surface area contributed by atoms with Gasteiger partial charge in [0, 0.05) is 21.5 Å². The van der Waals surface area contributed by atoms with Gasteiger partial charge in [-0.25, -0.2) is 0 Å². The maximum atomic E-state index is 13.7. The van der Waals surface area contributed by atoms with E-state index < -0.39 is 23.2 Å². The van der Waals surface area contributed by atoms with Crippen molar-refractivity contribution in [3.05, 3.63) is 93.4 Å². The van der Waals surface area contributed by atoms with E-state index in [1.807, 2.05) is 6.07 Å². The van der Waals surface area contributed by atoms with Crippen molar-refractivity contribution < 1.29 is 19.1 Å². The molecule has 2 atom stereocenters. The van der Waals surface area contributed by atoms with Gasteiger partial charge in [0.1, 0.15) is 11.2 Å². The molecule has 0 aromatic heterocycles. The zero-order chi connectivity index (χ0) is 21.8. The second-order valence-corrected chi connectivity index (χ2v) is 8.86. The first-order chi connectivity index (χ1) is 14.9. The van der Waals surface area contributed by atoms with Crippen LogP contribution in [0.3, 0.4) is 0 Å². The number of carbonyl (C=O) groups excluding carboxylic acids is 3. The number of anilines is 1. The Morgan fingerprint density at radius 2 is 1.68 bits per heavy atom. The number of carbonyl (C=O) groups is 3. The highest BCUT2D eigenvalue weighted by atomic mass is 79.9. The van der Waals surface area contributed by atoms with Crippen LogP contribution in [0, 0.1) is 5.92 Å². The van der Waals surface area contributed by atoms with Crippen molar-refractivity contribution in [3.8, 4) is 5.75 Å². The molecule has 31 heavy (non-hydrogen) atoms. The molecule has 3 aromatic carbocycles. The van der Waals surface area contributed by atoms with Crippen molar-refractivity contribution in [2.24, 2.45) is 5.92 Å². The summed E-state index contributed by atoms with van der Waals surface area (Å²) in [7, 11) is 0. The smallest absolute Gasteiger partial charge is 0.327 e. The van der Waals surface area contributed by atoms with Gasteiger partial charge >= 0.3 is 5.97 Å². The third-order valence-corrected chi connectivity index (χ3v) is 6.64. The Bertz CT molecular complexity index is 1230. The van der Waals surface area contributed by atoms with Gasteiger partial charge in [-0.1, -0.05) is 57.9 Å². The summed E-state index contributed by atoms with van der Waals surface area (Å²) in [6, 6.07) is 20.8. The van der Waals surface area contributed by atoms with Gasteiger partial charge in [0.2, 0.25) is 11.8 Å². The number of imide groups is 1. The van der Waals surface area contributed by atoms with Crippen molar-refractivity contribution in [1.82, 2.24) is 0 Å². The minimum absolute atomic E-state index is 0.120. The Morgan fingerprint density at radius 3 is 2.39 bits per heavy atom. The van der Waals surface area contributed by atoms with Crippen LogP contribution in [0.1, 0.15) is 17.5 Å². The van der Waals surface area contributed by atoms with Gasteiger partial charge in [0.05, 0.1) is 11.6 Å². The fraction of sp³-hybridized carbons (Fsp3) is 0.125. The number of ether oxygens (including phenoxy) is 1. The Hall–Kier alpha value is -2.96. The third kappa shape index (κ3) is 2.93. The van der Waals surface area contributed by atoms with Gasteiger partial charge < -0.3 is 4.74 Å². The van der Waals surface area contributed by atoms with Gasteiger partial charge in [-0.2, -0.15) is 0 Å². The molecule has 154 valence electrons. The first-order valence-corrected chi connectivity index (χ1v) is 10.8. The van der Waals surface area contributed by atoms with Gasteiger partial charge in [0.25, 0.3) is 0 Å². The number of fused-ring (bicyclic) bond motifs is 1. The Kier molecular flexibility index (Phi) is 4.72. The lowest BCUT2D eigenvalue weighted by Gasteiger charge is -2.31. The summed E-state index contributed by atoms with van der Waals surface area (Å²) in [5.41, 5.74) is 0.0876. The molecule has 1 fully saturated rings. The van der Waals surface area contributed by atoms with Crippen molar-refractivity contribution >= 4 is 51.0 Å². The predicted octanol–water partition coefficient (Wildman–Crippen LogP) is 4.89. The first kappa shape index (κ1) is 20.0. The van der Waals surface area contributed by atoms with Gasteiger partial charge in [-0.3, -0.25) is 19.3 Å². The predicted molar refractivity (Wildman–Crippen MR) is 119 cm³/mol. The van der Waals surface area contributed by atoms with E-state index in [4.69, 9.17) is 16.3 Å². The molecule has 0 bridgehead atoms. The summed E-state index contributed by atoms with van der Waals surface area (Å²) in [5, 5.41) is 0.416. The summed E-state index contributed by atoms with van der Waals surface area (Å²) in [6.07, 6.45) is -0.120. The lowest BCUT2D eigenvalue weighted by molar-refractivity contribution is -0.141. The molecule has 0 saturated carbocycles. The average molecular weight is 497 g/mol. The SMILES string of the molecule is O=C1C[C@@H]([C@@]2(c3ccccc3)C(=O)Oc3ccc(Cl)cc32)C(=O)N1c1ccc(Br)cc1. The van der Waals surface area contributed by atoms with Crippen LogP contribution in [0.4, 0.5) is 5.69 Å². The lowest BCUT2D eigenvalue weighted by Crippen LogP contribution is -2.46. The summed E-state index contributed by atoms with van der Waals surface area (Å²) < 4.78 is 6.43. The second kappa shape index (κ2) is 7.32. The molecule has 0 unspecified atom stereocenters. The lowest BCUT2D eigenvalue weighted by atomic mass is 9.66. The van der Waals surface area contributed by atoms with Gasteiger partial charge in [-0.05, 0) is 48.0 Å². The second-order valence-electron chi connectivity index (χ2n) is 7.50. The molecule has 3 aromatic rings. The van der Waals surface area contributed by atoms with Crippen molar-refractivity contribution in [1.29, 1.82) is 0 Å². The summed E-state index contributed by atoms with van der Waals surface area (Å²) in [6.45, 7) is 0. The fourth-order valence-electron chi connectivity index (χ4n) is 4.53. The molecule has 0 N–H and O–H groups in total. The number of hydrogen-bond donors (Lipinski definition) is 0. The molecule has 5 nitrogen and oxygen atoms in total. The number of hydrogen-bond acceptors (Lipinski definition) is 4. The first-order valence-electron chi connectivity index (χ1n) is 9.63. The zero-order valence-electron chi connectivity index (χ0n) is 16.0. The molecule has 1 saturated heterocycles. The van der Waals surface area contributed by atoms with Gasteiger partial charge in [-0.15, -0.1) is 0 Å². The molecule has 7 heteroatoms. The van der Waals surface area contributed by atoms with Crippen LogP contribution in [0.15, 0.2) is 77.3 Å². The van der Waals surface area contributed by atoms with Crippen molar-refractivity contribution in [2.75, 3.05) is 4.90 Å². The molecule has 0 spiro atoms. The molecule has 2 amide bonds. The van der Waals surface area contributed by atoms with Crippen LogP contribution in [0.25, 0.3) is 0 Å². The normalized spacial score (nSPS) is 22.6. The van der Waals surface area contributed by atoms with E-state index in [0.717, 1.165) is 9.37 Å². The van der Waals surface area contributed by atoms with Crippen LogP contribution in [0.5, 0.6) is 5.75 Å². The summed E-state index contributed by atoms with van der Waals surface area (Å²) in [4.78, 5) is 41.3. The minimum atomic E-state index is -1.46. The maximum Gasteiger partial charge on any atom is 0.327 e. The monoisotopic (exact) mass is 495 g/mol. The summed E-state index contributed by atoms with van der Waals surface area (Å²) >= 11 is 9.62. The van der Waals surface area contributed by atoms with E-state index >= 15 is 0 Å². The topological polar surface area (TPSA) is 63.7 Å². The Morgan fingerprint density at radius 1 is 0.968 bits per heavy atom. The molecular formula is C24H15BrClNO4. The molecule has 0 radical (unpaired) electrons.